The number of hydrogen-bond acceptors (Lipinski definition) is 0. The molecule has 0 amide bonds. The largest absolute Gasteiger partial charge is 0.320 e. The van der Waals surface area contributed by atoms with Gasteiger partial charge in [-0.2, -0.15) is 0 Å². The van der Waals surface area contributed by atoms with Crippen molar-refractivity contribution in [2.24, 2.45) is 0 Å². The second-order valence-corrected chi connectivity index (χ2v) is 4.22. The van der Waals surface area contributed by atoms with E-state index < -0.39 is 0 Å². The SMILES string of the molecule is Cc1cn2ccn3c(C)ccc3c2c1C. The molecule has 2 nitrogen and oxygen atoms in total. The molecule has 0 radical (unpaired) electrons. The molecule has 0 fully saturated rings. The average Bonchev–Trinajstić information content (AvgIpc) is 2.71. The van der Waals surface area contributed by atoms with Gasteiger partial charge in [0.1, 0.15) is 0 Å². The van der Waals surface area contributed by atoms with Crippen molar-refractivity contribution in [3.8, 4) is 0 Å². The third kappa shape index (κ3) is 0.990. The molecule has 0 N–H and O–H groups in total. The summed E-state index contributed by atoms with van der Waals surface area (Å²) < 4.78 is 4.45. The fourth-order valence-corrected chi connectivity index (χ4v) is 2.27. The summed E-state index contributed by atoms with van der Waals surface area (Å²) in [6.07, 6.45) is 6.43. The summed E-state index contributed by atoms with van der Waals surface area (Å²) in [6.45, 7) is 6.48. The Labute approximate surface area is 88.8 Å². The molecular weight excluding hydrogens is 184 g/mol. The van der Waals surface area contributed by atoms with Crippen molar-refractivity contribution >= 4 is 11.0 Å². The van der Waals surface area contributed by atoms with Gasteiger partial charge in [-0.3, -0.25) is 0 Å². The van der Waals surface area contributed by atoms with Gasteiger partial charge in [0.25, 0.3) is 0 Å². The van der Waals surface area contributed by atoms with E-state index in [0.717, 1.165) is 0 Å². The van der Waals surface area contributed by atoms with Crippen LogP contribution in [-0.4, -0.2) is 8.80 Å². The van der Waals surface area contributed by atoms with Crippen molar-refractivity contribution in [2.75, 3.05) is 0 Å². The van der Waals surface area contributed by atoms with Gasteiger partial charge in [0, 0.05) is 24.3 Å². The molecule has 0 aliphatic rings. The van der Waals surface area contributed by atoms with Crippen LogP contribution in [0.25, 0.3) is 11.0 Å². The van der Waals surface area contributed by atoms with Gasteiger partial charge >= 0.3 is 0 Å². The maximum atomic E-state index is 2.24. The van der Waals surface area contributed by atoms with E-state index in [0.29, 0.717) is 0 Å². The van der Waals surface area contributed by atoms with Gasteiger partial charge in [-0.1, -0.05) is 0 Å². The molecule has 0 saturated carbocycles. The van der Waals surface area contributed by atoms with E-state index in [1.54, 1.807) is 0 Å². The monoisotopic (exact) mass is 198 g/mol. The van der Waals surface area contributed by atoms with E-state index in [9.17, 15) is 0 Å². The summed E-state index contributed by atoms with van der Waals surface area (Å²) in [4.78, 5) is 0. The number of aryl methyl sites for hydroxylation is 3. The Hall–Kier alpha value is -1.70. The summed E-state index contributed by atoms with van der Waals surface area (Å²) >= 11 is 0. The molecule has 0 aliphatic carbocycles. The molecule has 0 aliphatic heterocycles. The molecule has 3 rings (SSSR count). The summed E-state index contributed by atoms with van der Waals surface area (Å²) in [7, 11) is 0. The lowest BCUT2D eigenvalue weighted by Gasteiger charge is -2.02. The van der Waals surface area contributed by atoms with Gasteiger partial charge in [0.05, 0.1) is 11.0 Å². The number of aromatic nitrogens is 2. The van der Waals surface area contributed by atoms with Crippen LogP contribution in [-0.2, 0) is 0 Å². The second-order valence-electron chi connectivity index (χ2n) is 4.22. The van der Waals surface area contributed by atoms with Crippen LogP contribution in [0.2, 0.25) is 0 Å². The molecule has 3 aromatic rings. The Bertz CT molecular complexity index is 656. The molecule has 0 saturated heterocycles. The van der Waals surface area contributed by atoms with E-state index in [2.05, 4.69) is 60.3 Å². The quantitative estimate of drug-likeness (QED) is 0.525. The van der Waals surface area contributed by atoms with Gasteiger partial charge in [0.15, 0.2) is 0 Å². The normalized spacial score (nSPS) is 11.7. The van der Waals surface area contributed by atoms with Crippen LogP contribution in [0.4, 0.5) is 0 Å². The van der Waals surface area contributed by atoms with Crippen LogP contribution < -0.4 is 0 Å². The first-order valence-electron chi connectivity index (χ1n) is 5.23. The summed E-state index contributed by atoms with van der Waals surface area (Å²) in [6, 6.07) is 4.36. The molecule has 0 bridgehead atoms. The van der Waals surface area contributed by atoms with Crippen molar-refractivity contribution in [2.45, 2.75) is 20.8 Å². The smallest absolute Gasteiger partial charge is 0.0725 e. The minimum atomic E-state index is 1.28. The van der Waals surface area contributed by atoms with Gasteiger partial charge in [-0.25, -0.2) is 0 Å². The third-order valence-corrected chi connectivity index (χ3v) is 3.28. The number of rotatable bonds is 0. The standard InChI is InChI=1S/C13H14N2/c1-9-8-14-6-7-15-10(2)4-5-12(15)13(14)11(9)3/h4-8H,1-3H3. The zero-order valence-electron chi connectivity index (χ0n) is 9.28. The molecular formula is C13H14N2. The first-order chi connectivity index (χ1) is 7.18. The van der Waals surface area contributed by atoms with Gasteiger partial charge in [-0.15, -0.1) is 0 Å². The molecule has 0 unspecified atom stereocenters. The number of fused-ring (bicyclic) bond motifs is 3. The lowest BCUT2D eigenvalue weighted by molar-refractivity contribution is 1.06. The number of nitrogens with zero attached hydrogens (tertiary/aromatic N) is 2. The Balaban J connectivity index is 2.63. The zero-order valence-corrected chi connectivity index (χ0v) is 9.28. The average molecular weight is 198 g/mol. The Morgan fingerprint density at radius 1 is 1.00 bits per heavy atom. The van der Waals surface area contributed by atoms with E-state index in [-0.39, 0.29) is 0 Å². The van der Waals surface area contributed by atoms with Crippen molar-refractivity contribution in [3.63, 3.8) is 0 Å². The van der Waals surface area contributed by atoms with Crippen LogP contribution >= 0.6 is 0 Å². The third-order valence-electron chi connectivity index (χ3n) is 3.28. The van der Waals surface area contributed by atoms with Crippen LogP contribution in [0.3, 0.4) is 0 Å². The maximum Gasteiger partial charge on any atom is 0.0725 e. The molecule has 0 atom stereocenters. The van der Waals surface area contributed by atoms with Crippen molar-refractivity contribution < 1.29 is 0 Å². The molecule has 2 heteroatoms. The number of hydrogen-bond donors (Lipinski definition) is 0. The van der Waals surface area contributed by atoms with Crippen molar-refractivity contribution in [3.05, 3.63) is 47.5 Å². The molecule has 3 heterocycles. The van der Waals surface area contributed by atoms with Crippen LogP contribution in [0, 0.1) is 20.8 Å². The van der Waals surface area contributed by atoms with Crippen LogP contribution in [0.1, 0.15) is 16.8 Å². The van der Waals surface area contributed by atoms with Crippen molar-refractivity contribution in [1.82, 2.24) is 8.80 Å². The van der Waals surface area contributed by atoms with E-state index >= 15 is 0 Å². The van der Waals surface area contributed by atoms with Crippen LogP contribution in [0.5, 0.6) is 0 Å². The highest BCUT2D eigenvalue weighted by molar-refractivity contribution is 5.80. The lowest BCUT2D eigenvalue weighted by atomic mass is 10.2. The van der Waals surface area contributed by atoms with Gasteiger partial charge in [0.2, 0.25) is 0 Å². The predicted octanol–water partition coefficient (Wildman–Crippen LogP) is 3.12. The molecule has 0 aromatic carbocycles. The highest BCUT2D eigenvalue weighted by Gasteiger charge is 2.07. The predicted molar refractivity (Wildman–Crippen MR) is 62.6 cm³/mol. The molecule has 15 heavy (non-hydrogen) atoms. The highest BCUT2D eigenvalue weighted by atomic mass is 15.0. The zero-order chi connectivity index (χ0) is 10.6. The Morgan fingerprint density at radius 3 is 2.60 bits per heavy atom. The summed E-state index contributed by atoms with van der Waals surface area (Å²) in [5, 5.41) is 0. The molecule has 76 valence electrons. The Kier molecular flexibility index (Phi) is 1.52. The minimum Gasteiger partial charge on any atom is -0.320 e. The maximum absolute atomic E-state index is 2.24. The fourth-order valence-electron chi connectivity index (χ4n) is 2.27. The van der Waals surface area contributed by atoms with E-state index in [1.807, 2.05) is 0 Å². The topological polar surface area (TPSA) is 8.82 Å². The van der Waals surface area contributed by atoms with E-state index in [1.165, 1.54) is 27.9 Å². The first-order valence-corrected chi connectivity index (χ1v) is 5.23. The first kappa shape index (κ1) is 8.60. The summed E-state index contributed by atoms with van der Waals surface area (Å²) in [5.74, 6) is 0. The highest BCUT2D eigenvalue weighted by Crippen LogP contribution is 2.23. The van der Waals surface area contributed by atoms with Crippen molar-refractivity contribution in [1.29, 1.82) is 0 Å². The summed E-state index contributed by atoms with van der Waals surface area (Å²) in [5.41, 5.74) is 6.62. The lowest BCUT2D eigenvalue weighted by Crippen LogP contribution is -1.91. The van der Waals surface area contributed by atoms with E-state index in [4.69, 9.17) is 0 Å². The Morgan fingerprint density at radius 2 is 1.80 bits per heavy atom. The van der Waals surface area contributed by atoms with Gasteiger partial charge in [-0.05, 0) is 44.0 Å². The molecule has 3 aromatic heterocycles. The van der Waals surface area contributed by atoms with Gasteiger partial charge < -0.3 is 8.80 Å². The van der Waals surface area contributed by atoms with Crippen LogP contribution in [0.15, 0.2) is 30.7 Å². The minimum absolute atomic E-state index is 1.28. The molecule has 0 spiro atoms. The fraction of sp³-hybridized carbons (Fsp3) is 0.231. The second kappa shape index (κ2) is 2.66.